The molecule has 1 rings (SSSR count). The van der Waals surface area contributed by atoms with E-state index < -0.39 is 0 Å². The first-order valence-electron chi connectivity index (χ1n) is 4.86. The summed E-state index contributed by atoms with van der Waals surface area (Å²) in [7, 11) is 0. The van der Waals surface area contributed by atoms with Crippen LogP contribution in [0.25, 0.3) is 6.08 Å². The quantitative estimate of drug-likeness (QED) is 0.547. The van der Waals surface area contributed by atoms with Crippen molar-refractivity contribution in [2.24, 2.45) is 5.41 Å². The Morgan fingerprint density at radius 1 is 1.33 bits per heavy atom. The third kappa shape index (κ3) is 3.52. The van der Waals surface area contributed by atoms with Crippen molar-refractivity contribution in [2.45, 2.75) is 20.8 Å². The smallest absolute Gasteiger partial charge is 0.146 e. The van der Waals surface area contributed by atoms with Crippen LogP contribution in [0.3, 0.4) is 0 Å². The van der Waals surface area contributed by atoms with Gasteiger partial charge in [-0.25, -0.2) is 0 Å². The number of rotatable bonds is 2. The Balaban J connectivity index is 3.09. The van der Waals surface area contributed by atoms with Crippen molar-refractivity contribution in [3.63, 3.8) is 0 Å². The number of hydrogen-bond acceptors (Lipinski definition) is 1. The fraction of sp³-hybridized carbons (Fsp3) is 0.308. The van der Waals surface area contributed by atoms with Crippen LogP contribution in [-0.4, -0.2) is 6.29 Å². The van der Waals surface area contributed by atoms with Crippen molar-refractivity contribution in [1.82, 2.24) is 0 Å². The number of hydrogen-bond donors (Lipinski definition) is 0. The Morgan fingerprint density at radius 3 is 2.47 bits per heavy atom. The van der Waals surface area contributed by atoms with E-state index in [0.29, 0.717) is 5.02 Å². The highest BCUT2D eigenvalue weighted by molar-refractivity contribution is 6.30. The summed E-state index contributed by atoms with van der Waals surface area (Å²) in [4.78, 5) is 10.9. The molecular weight excluding hydrogens is 208 g/mol. The zero-order valence-electron chi connectivity index (χ0n) is 9.25. The normalized spacial score (nSPS) is 12.7. The van der Waals surface area contributed by atoms with Crippen molar-refractivity contribution in [1.29, 1.82) is 0 Å². The van der Waals surface area contributed by atoms with Crippen molar-refractivity contribution in [2.75, 3.05) is 0 Å². The second-order valence-corrected chi connectivity index (χ2v) is 4.96. The molecule has 0 N–H and O–H groups in total. The van der Waals surface area contributed by atoms with Gasteiger partial charge in [-0.1, -0.05) is 44.5 Å². The molecular formula is C13H15ClO. The van der Waals surface area contributed by atoms with Gasteiger partial charge in [0.2, 0.25) is 0 Å². The molecule has 0 heterocycles. The summed E-state index contributed by atoms with van der Waals surface area (Å²) < 4.78 is 0. The van der Waals surface area contributed by atoms with Gasteiger partial charge in [-0.3, -0.25) is 4.79 Å². The standard InChI is InChI=1S/C13H15ClO/c1-13(2,3)11(9-15)7-10-5-4-6-12(14)8-10/h4-9H,1-3H3/b11-7+. The predicted molar refractivity (Wildman–Crippen MR) is 64.9 cm³/mol. The van der Waals surface area contributed by atoms with E-state index in [9.17, 15) is 4.79 Å². The molecule has 1 aromatic carbocycles. The maximum atomic E-state index is 10.9. The van der Waals surface area contributed by atoms with Gasteiger partial charge in [0.05, 0.1) is 0 Å². The number of halogens is 1. The summed E-state index contributed by atoms with van der Waals surface area (Å²) in [6.07, 6.45) is 2.78. The highest BCUT2D eigenvalue weighted by atomic mass is 35.5. The maximum absolute atomic E-state index is 10.9. The van der Waals surface area contributed by atoms with Crippen LogP contribution >= 0.6 is 11.6 Å². The molecule has 1 nitrogen and oxygen atoms in total. The topological polar surface area (TPSA) is 17.1 Å². The van der Waals surface area contributed by atoms with Gasteiger partial charge >= 0.3 is 0 Å². The highest BCUT2D eigenvalue weighted by Gasteiger charge is 2.15. The number of benzene rings is 1. The van der Waals surface area contributed by atoms with Crippen molar-refractivity contribution >= 4 is 24.0 Å². The van der Waals surface area contributed by atoms with Crippen molar-refractivity contribution in [3.05, 3.63) is 40.4 Å². The minimum absolute atomic E-state index is 0.135. The third-order valence-corrected chi connectivity index (χ3v) is 2.40. The molecule has 0 radical (unpaired) electrons. The van der Waals surface area contributed by atoms with Gasteiger partial charge in [0.15, 0.2) is 0 Å². The third-order valence-electron chi connectivity index (χ3n) is 2.16. The number of allylic oxidation sites excluding steroid dienone is 1. The molecule has 2 heteroatoms. The van der Waals surface area contributed by atoms with Crippen LogP contribution in [0.5, 0.6) is 0 Å². The van der Waals surface area contributed by atoms with E-state index in [-0.39, 0.29) is 5.41 Å². The first-order chi connectivity index (χ1) is 6.93. The zero-order valence-corrected chi connectivity index (χ0v) is 10.0. The van der Waals surface area contributed by atoms with Crippen LogP contribution in [0.15, 0.2) is 29.8 Å². The average molecular weight is 223 g/mol. The lowest BCUT2D eigenvalue weighted by Crippen LogP contribution is -2.10. The molecule has 0 saturated carbocycles. The fourth-order valence-corrected chi connectivity index (χ4v) is 1.40. The number of carbonyl (C=O) groups excluding carboxylic acids is 1. The Morgan fingerprint density at radius 2 is 2.00 bits per heavy atom. The largest absolute Gasteiger partial charge is 0.298 e. The summed E-state index contributed by atoms with van der Waals surface area (Å²) in [5.74, 6) is 0. The first kappa shape index (κ1) is 12.0. The van der Waals surface area contributed by atoms with Gasteiger partial charge < -0.3 is 0 Å². The molecule has 0 unspecified atom stereocenters. The van der Waals surface area contributed by atoms with Crippen LogP contribution in [0.4, 0.5) is 0 Å². The van der Waals surface area contributed by atoms with E-state index >= 15 is 0 Å². The van der Waals surface area contributed by atoms with E-state index in [4.69, 9.17) is 11.6 Å². The molecule has 0 aromatic heterocycles. The lowest BCUT2D eigenvalue weighted by Gasteiger charge is -2.18. The summed E-state index contributed by atoms with van der Waals surface area (Å²) in [6.45, 7) is 6.04. The van der Waals surface area contributed by atoms with Crippen molar-refractivity contribution in [3.8, 4) is 0 Å². The molecule has 0 spiro atoms. The van der Waals surface area contributed by atoms with E-state index in [0.717, 1.165) is 17.4 Å². The Kier molecular flexibility index (Phi) is 3.70. The van der Waals surface area contributed by atoms with Crippen LogP contribution < -0.4 is 0 Å². The van der Waals surface area contributed by atoms with E-state index in [2.05, 4.69) is 0 Å². The summed E-state index contributed by atoms with van der Waals surface area (Å²) in [5, 5.41) is 0.683. The first-order valence-corrected chi connectivity index (χ1v) is 5.24. The second kappa shape index (κ2) is 4.63. The number of aldehydes is 1. The van der Waals surface area contributed by atoms with Crippen molar-refractivity contribution < 1.29 is 4.79 Å². The lowest BCUT2D eigenvalue weighted by molar-refractivity contribution is -0.105. The average Bonchev–Trinajstić information content (AvgIpc) is 2.12. The molecule has 0 bridgehead atoms. The molecule has 0 aliphatic heterocycles. The van der Waals surface area contributed by atoms with Crippen LogP contribution in [0.2, 0.25) is 5.02 Å². The minimum Gasteiger partial charge on any atom is -0.298 e. The Labute approximate surface area is 95.8 Å². The van der Waals surface area contributed by atoms with Crippen LogP contribution in [0, 0.1) is 5.41 Å². The lowest BCUT2D eigenvalue weighted by atomic mass is 9.86. The molecule has 0 atom stereocenters. The number of carbonyl (C=O) groups is 1. The van der Waals surface area contributed by atoms with E-state index in [1.54, 1.807) is 0 Å². The van der Waals surface area contributed by atoms with Gasteiger partial charge in [0, 0.05) is 5.02 Å². The molecule has 0 fully saturated rings. The fourth-order valence-electron chi connectivity index (χ4n) is 1.20. The van der Waals surface area contributed by atoms with E-state index in [1.807, 2.05) is 51.1 Å². The summed E-state index contributed by atoms with van der Waals surface area (Å²) in [5.41, 5.74) is 1.59. The summed E-state index contributed by atoms with van der Waals surface area (Å²) in [6, 6.07) is 7.47. The predicted octanol–water partition coefficient (Wildman–Crippen LogP) is 3.97. The molecule has 0 aliphatic rings. The van der Waals surface area contributed by atoms with E-state index in [1.165, 1.54) is 0 Å². The minimum atomic E-state index is -0.135. The van der Waals surface area contributed by atoms with Gasteiger partial charge in [0.1, 0.15) is 6.29 Å². The maximum Gasteiger partial charge on any atom is 0.146 e. The highest BCUT2D eigenvalue weighted by Crippen LogP contribution is 2.26. The van der Waals surface area contributed by atoms with Gasteiger partial charge in [-0.2, -0.15) is 0 Å². The Hall–Kier alpha value is -1.08. The SMILES string of the molecule is CC(C)(C)/C(C=O)=C/c1cccc(Cl)c1. The molecule has 0 saturated heterocycles. The second-order valence-electron chi connectivity index (χ2n) is 4.52. The molecule has 15 heavy (non-hydrogen) atoms. The zero-order chi connectivity index (χ0) is 11.5. The Bertz CT molecular complexity index is 386. The van der Waals surface area contributed by atoms with Gasteiger partial charge in [-0.15, -0.1) is 0 Å². The van der Waals surface area contributed by atoms with Crippen LogP contribution in [-0.2, 0) is 4.79 Å². The molecule has 80 valence electrons. The van der Waals surface area contributed by atoms with Crippen LogP contribution in [0.1, 0.15) is 26.3 Å². The molecule has 0 aliphatic carbocycles. The molecule has 1 aromatic rings. The van der Waals surface area contributed by atoms with Gasteiger partial charge in [0.25, 0.3) is 0 Å². The monoisotopic (exact) mass is 222 g/mol. The summed E-state index contributed by atoms with van der Waals surface area (Å²) >= 11 is 5.87. The van der Waals surface area contributed by atoms with Gasteiger partial charge in [-0.05, 0) is 34.8 Å². The molecule has 0 amide bonds.